The van der Waals surface area contributed by atoms with Gasteiger partial charge in [-0.2, -0.15) is 0 Å². The van der Waals surface area contributed by atoms with Crippen molar-refractivity contribution in [2.24, 2.45) is 0 Å². The molecule has 9 nitrogen and oxygen atoms in total. The van der Waals surface area contributed by atoms with Gasteiger partial charge in [-0.25, -0.2) is 9.78 Å². The highest BCUT2D eigenvalue weighted by Crippen LogP contribution is 2.43. The number of hydrogen-bond acceptors (Lipinski definition) is 5. The van der Waals surface area contributed by atoms with Crippen LogP contribution in [-0.4, -0.2) is 44.2 Å². The average molecular weight is 444 g/mol. The maximum atomic E-state index is 13.3. The number of benzene rings is 3. The number of aromatic nitrogens is 2. The monoisotopic (exact) mass is 444 g/mol. The summed E-state index contributed by atoms with van der Waals surface area (Å²) in [7, 11) is 1.58. The molecule has 1 aliphatic heterocycles. The Kier molecular flexibility index (Phi) is 4.75. The molecule has 1 atom stereocenters. The molecule has 2 heterocycles. The van der Waals surface area contributed by atoms with E-state index in [0.29, 0.717) is 33.5 Å². The Bertz CT molecular complexity index is 1380. The maximum absolute atomic E-state index is 13.3. The Labute approximate surface area is 188 Å². The summed E-state index contributed by atoms with van der Waals surface area (Å²) in [5.74, 6) is 0.474. The number of imidazole rings is 1. The van der Waals surface area contributed by atoms with Gasteiger partial charge in [-0.3, -0.25) is 15.0 Å². The first-order chi connectivity index (χ1) is 15.9. The standard InChI is InChI=1S/C24H20N4O5/c1-33-16-9-6-14(7-10-16)13-28-21(29)17-4-2-3-5-18(17)24(28,32)15-8-11-19-20(12-15)26-22(25-19)27-23(30)31/h2-12,32H,13H2,1H3,(H,30,31)(H2,25,26,27). The number of methoxy groups -OCH3 is 1. The van der Waals surface area contributed by atoms with E-state index in [1.165, 1.54) is 4.90 Å². The van der Waals surface area contributed by atoms with E-state index in [1.54, 1.807) is 61.7 Å². The molecule has 5 rings (SSSR count). The summed E-state index contributed by atoms with van der Waals surface area (Å²) in [4.78, 5) is 32.8. The van der Waals surface area contributed by atoms with Crippen molar-refractivity contribution in [3.8, 4) is 5.75 Å². The van der Waals surface area contributed by atoms with E-state index in [4.69, 9.17) is 9.84 Å². The lowest BCUT2D eigenvalue weighted by Gasteiger charge is -2.35. The number of aliphatic hydroxyl groups is 1. The first-order valence-electron chi connectivity index (χ1n) is 10.2. The van der Waals surface area contributed by atoms with Crippen LogP contribution in [-0.2, 0) is 12.3 Å². The van der Waals surface area contributed by atoms with Crippen LogP contribution in [0.3, 0.4) is 0 Å². The van der Waals surface area contributed by atoms with Crippen molar-refractivity contribution in [2.45, 2.75) is 12.3 Å². The van der Waals surface area contributed by atoms with Crippen LogP contribution >= 0.6 is 0 Å². The van der Waals surface area contributed by atoms with Gasteiger partial charge >= 0.3 is 6.09 Å². The van der Waals surface area contributed by atoms with E-state index in [1.807, 2.05) is 12.1 Å². The van der Waals surface area contributed by atoms with Crippen LogP contribution in [0.4, 0.5) is 10.7 Å². The lowest BCUT2D eigenvalue weighted by molar-refractivity contribution is -0.0542. The molecule has 3 aromatic carbocycles. The van der Waals surface area contributed by atoms with E-state index in [2.05, 4.69) is 15.3 Å². The molecule has 0 radical (unpaired) electrons. The molecule has 4 N–H and O–H groups in total. The van der Waals surface area contributed by atoms with Crippen molar-refractivity contribution in [2.75, 3.05) is 12.4 Å². The lowest BCUT2D eigenvalue weighted by atomic mass is 9.93. The number of nitrogens with one attached hydrogen (secondary N) is 2. The fourth-order valence-corrected chi connectivity index (χ4v) is 4.21. The topological polar surface area (TPSA) is 128 Å². The highest BCUT2D eigenvalue weighted by atomic mass is 16.5. The fraction of sp³-hybridized carbons (Fsp3) is 0.125. The third-order valence-corrected chi connectivity index (χ3v) is 5.78. The van der Waals surface area contributed by atoms with Gasteiger partial charge < -0.3 is 19.9 Å². The molecule has 0 aliphatic carbocycles. The molecule has 0 saturated heterocycles. The third-order valence-electron chi connectivity index (χ3n) is 5.78. The van der Waals surface area contributed by atoms with Crippen molar-refractivity contribution in [1.82, 2.24) is 14.9 Å². The SMILES string of the molecule is COc1ccc(CN2C(=O)c3ccccc3C2(O)c2ccc3nc(NC(=O)O)[nH]c3c2)cc1. The van der Waals surface area contributed by atoms with Crippen molar-refractivity contribution in [3.63, 3.8) is 0 Å². The molecule has 0 spiro atoms. The van der Waals surface area contributed by atoms with Gasteiger partial charge in [0.25, 0.3) is 5.91 Å². The van der Waals surface area contributed by atoms with Crippen LogP contribution in [0.1, 0.15) is 27.0 Å². The van der Waals surface area contributed by atoms with Gasteiger partial charge in [0.05, 0.1) is 18.1 Å². The minimum Gasteiger partial charge on any atom is -0.497 e. The zero-order valence-electron chi connectivity index (χ0n) is 17.6. The second-order valence-corrected chi connectivity index (χ2v) is 7.70. The number of carbonyl (C=O) groups is 2. The van der Waals surface area contributed by atoms with Crippen LogP contribution in [0.15, 0.2) is 66.7 Å². The summed E-state index contributed by atoms with van der Waals surface area (Å²) in [6.45, 7) is 0.168. The second kappa shape index (κ2) is 7.64. The second-order valence-electron chi connectivity index (χ2n) is 7.70. The molecular weight excluding hydrogens is 424 g/mol. The number of amides is 2. The number of carbonyl (C=O) groups excluding carboxylic acids is 1. The molecular formula is C24H20N4O5. The van der Waals surface area contributed by atoms with E-state index in [9.17, 15) is 14.7 Å². The number of ether oxygens (including phenoxy) is 1. The molecule has 1 aliphatic rings. The molecule has 0 saturated carbocycles. The van der Waals surface area contributed by atoms with Crippen molar-refractivity contribution in [3.05, 3.63) is 89.0 Å². The Morgan fingerprint density at radius 1 is 1.15 bits per heavy atom. The van der Waals surface area contributed by atoms with E-state index in [0.717, 1.165) is 5.56 Å². The van der Waals surface area contributed by atoms with Crippen molar-refractivity contribution >= 4 is 29.0 Å². The average Bonchev–Trinajstić information content (AvgIpc) is 3.31. The third kappa shape index (κ3) is 3.35. The first-order valence-corrected chi connectivity index (χ1v) is 10.2. The Morgan fingerprint density at radius 3 is 2.64 bits per heavy atom. The minimum absolute atomic E-state index is 0.0691. The number of hydrogen-bond donors (Lipinski definition) is 4. The molecule has 4 aromatic rings. The molecule has 2 amide bonds. The zero-order valence-corrected chi connectivity index (χ0v) is 17.6. The quantitative estimate of drug-likeness (QED) is 0.373. The first kappa shape index (κ1) is 20.5. The van der Waals surface area contributed by atoms with Crippen molar-refractivity contribution in [1.29, 1.82) is 0 Å². The summed E-state index contributed by atoms with van der Waals surface area (Å²) in [6, 6.07) is 19.3. The molecule has 0 fully saturated rings. The Morgan fingerprint density at radius 2 is 1.91 bits per heavy atom. The van der Waals surface area contributed by atoms with Crippen LogP contribution in [0.25, 0.3) is 11.0 Å². The summed E-state index contributed by atoms with van der Waals surface area (Å²) in [6.07, 6.45) is -1.24. The largest absolute Gasteiger partial charge is 0.497 e. The minimum atomic E-state index is -1.73. The van der Waals surface area contributed by atoms with Gasteiger partial charge in [-0.05, 0) is 35.9 Å². The zero-order chi connectivity index (χ0) is 23.2. The number of H-pyrrole nitrogens is 1. The number of fused-ring (bicyclic) bond motifs is 2. The predicted octanol–water partition coefficient (Wildman–Crippen LogP) is 3.51. The Hall–Kier alpha value is -4.37. The molecule has 0 bridgehead atoms. The van der Waals surface area contributed by atoms with Gasteiger partial charge in [-0.15, -0.1) is 0 Å². The number of carboxylic acid groups (broad SMARTS) is 1. The molecule has 33 heavy (non-hydrogen) atoms. The number of nitrogens with zero attached hydrogens (tertiary/aromatic N) is 2. The van der Waals surface area contributed by atoms with E-state index in [-0.39, 0.29) is 18.4 Å². The van der Waals surface area contributed by atoms with Crippen LogP contribution in [0.5, 0.6) is 5.75 Å². The lowest BCUT2D eigenvalue weighted by Crippen LogP contribution is -2.44. The Balaban J connectivity index is 1.60. The van der Waals surface area contributed by atoms with Gasteiger partial charge in [0.1, 0.15) is 5.75 Å². The number of anilines is 1. The molecule has 166 valence electrons. The van der Waals surface area contributed by atoms with Crippen molar-refractivity contribution < 1.29 is 24.5 Å². The molecule has 1 aromatic heterocycles. The smallest absolute Gasteiger partial charge is 0.411 e. The maximum Gasteiger partial charge on any atom is 0.411 e. The molecule has 1 unspecified atom stereocenters. The fourth-order valence-electron chi connectivity index (χ4n) is 4.21. The van der Waals surface area contributed by atoms with Gasteiger partial charge in [0.15, 0.2) is 5.72 Å². The van der Waals surface area contributed by atoms with Gasteiger partial charge in [-0.1, -0.05) is 36.4 Å². The molecule has 9 heteroatoms. The van der Waals surface area contributed by atoms with Crippen LogP contribution in [0.2, 0.25) is 0 Å². The highest BCUT2D eigenvalue weighted by Gasteiger charge is 2.49. The summed E-state index contributed by atoms with van der Waals surface area (Å²) in [5.41, 5.74) is 1.49. The van der Waals surface area contributed by atoms with Crippen LogP contribution in [0, 0.1) is 0 Å². The van der Waals surface area contributed by atoms with Gasteiger partial charge in [0.2, 0.25) is 5.95 Å². The predicted molar refractivity (Wildman–Crippen MR) is 120 cm³/mol. The summed E-state index contributed by atoms with van der Waals surface area (Å²) >= 11 is 0. The highest BCUT2D eigenvalue weighted by molar-refractivity contribution is 6.00. The normalized spacial score (nSPS) is 17.3. The van der Waals surface area contributed by atoms with E-state index >= 15 is 0 Å². The van der Waals surface area contributed by atoms with E-state index < -0.39 is 11.8 Å². The number of rotatable bonds is 5. The van der Waals surface area contributed by atoms with Crippen LogP contribution < -0.4 is 10.1 Å². The number of aromatic amines is 1. The summed E-state index contributed by atoms with van der Waals surface area (Å²) in [5, 5.41) is 23.2. The van der Waals surface area contributed by atoms with Gasteiger partial charge in [0, 0.05) is 23.2 Å². The summed E-state index contributed by atoms with van der Waals surface area (Å²) < 4.78 is 5.21.